The maximum Gasteiger partial charge on any atom is 0.0618 e. The molecule has 0 amide bonds. The zero-order valence-corrected chi connectivity index (χ0v) is 38.6. The van der Waals surface area contributed by atoms with Gasteiger partial charge < -0.3 is 9.47 Å². The minimum absolute atomic E-state index is 0.150. The number of fused-ring (bicyclic) bond motifs is 12. The second kappa shape index (κ2) is 14.9. The monoisotopic (exact) mass is 884 g/mol. The van der Waals surface area contributed by atoms with Gasteiger partial charge in [0.2, 0.25) is 0 Å². The van der Waals surface area contributed by atoms with Crippen LogP contribution in [0.2, 0.25) is 0 Å². The van der Waals surface area contributed by atoms with Crippen LogP contribution in [0.15, 0.2) is 231 Å². The van der Waals surface area contributed by atoms with E-state index in [9.17, 15) is 0 Å². The van der Waals surface area contributed by atoms with Crippen molar-refractivity contribution in [2.45, 2.75) is 19.3 Å². The molecule has 320 valence electrons. The van der Waals surface area contributed by atoms with Crippen LogP contribution in [0, 0.1) is 0 Å². The van der Waals surface area contributed by atoms with Crippen molar-refractivity contribution in [2.75, 3.05) is 4.90 Å². The average molecular weight is 885 g/mol. The molecule has 0 radical (unpaired) electrons. The van der Waals surface area contributed by atoms with Gasteiger partial charge in [-0.2, -0.15) is 0 Å². The largest absolute Gasteiger partial charge is 0.309 e. The van der Waals surface area contributed by atoms with Gasteiger partial charge in [0.15, 0.2) is 0 Å². The van der Waals surface area contributed by atoms with E-state index >= 15 is 0 Å². The highest BCUT2D eigenvalue weighted by atomic mass is 32.1. The molecule has 14 rings (SSSR count). The standard InChI is InChI=1S/C65H44N2S/c1-65(2)56-27-15-13-21-47(56)48-35-34-46(40-57(48)65)66(45-32-29-42(30-33-45)41-17-5-3-6-18-41)63-52-25-11-9-23-50(52)61(51-24-10-12-26-53(51)63)43-31-37-58-55(39-43)62-59(67(58)44-19-7-4-8-20-44)38-36-54-49-22-14-16-28-60(49)68-64(54)62/h3-40H,1-2H3. The first-order valence-electron chi connectivity index (χ1n) is 23.6. The van der Waals surface area contributed by atoms with Crippen LogP contribution in [0.25, 0.3) is 103 Å². The Morgan fingerprint density at radius 3 is 1.72 bits per heavy atom. The third-order valence-corrected chi connectivity index (χ3v) is 16.0. The predicted molar refractivity (Wildman–Crippen MR) is 292 cm³/mol. The van der Waals surface area contributed by atoms with Gasteiger partial charge in [0.25, 0.3) is 0 Å². The molecule has 2 nitrogen and oxygen atoms in total. The Bertz CT molecular complexity index is 4100. The Hall–Kier alpha value is -8.24. The summed E-state index contributed by atoms with van der Waals surface area (Å²) >= 11 is 1.91. The molecule has 0 aliphatic heterocycles. The van der Waals surface area contributed by atoms with Crippen LogP contribution in [0.5, 0.6) is 0 Å². The first kappa shape index (κ1) is 39.0. The van der Waals surface area contributed by atoms with Gasteiger partial charge in [-0.1, -0.05) is 184 Å². The molecule has 0 unspecified atom stereocenters. The van der Waals surface area contributed by atoms with Gasteiger partial charge in [-0.25, -0.2) is 0 Å². The van der Waals surface area contributed by atoms with Crippen molar-refractivity contribution in [3.63, 3.8) is 0 Å². The Labute approximate surface area is 399 Å². The first-order chi connectivity index (χ1) is 33.5. The van der Waals surface area contributed by atoms with Crippen molar-refractivity contribution >= 4 is 91.9 Å². The number of aromatic nitrogens is 1. The minimum atomic E-state index is -0.150. The van der Waals surface area contributed by atoms with E-state index in [0.29, 0.717) is 0 Å². The molecule has 2 heterocycles. The van der Waals surface area contributed by atoms with E-state index in [1.807, 2.05) is 11.3 Å². The lowest BCUT2D eigenvalue weighted by molar-refractivity contribution is 0.660. The van der Waals surface area contributed by atoms with Crippen LogP contribution in [-0.4, -0.2) is 4.57 Å². The molecule has 0 fully saturated rings. The van der Waals surface area contributed by atoms with E-state index in [-0.39, 0.29) is 5.41 Å². The topological polar surface area (TPSA) is 8.17 Å². The summed E-state index contributed by atoms with van der Waals surface area (Å²) in [5.74, 6) is 0. The van der Waals surface area contributed by atoms with Crippen LogP contribution in [0.3, 0.4) is 0 Å². The maximum absolute atomic E-state index is 2.53. The number of hydrogen-bond donors (Lipinski definition) is 0. The highest BCUT2D eigenvalue weighted by molar-refractivity contribution is 7.26. The molecule has 1 aliphatic carbocycles. The number of thiophene rings is 1. The highest BCUT2D eigenvalue weighted by Gasteiger charge is 2.36. The summed E-state index contributed by atoms with van der Waals surface area (Å²) in [6, 6.07) is 85.7. The predicted octanol–water partition coefficient (Wildman–Crippen LogP) is 18.6. The summed E-state index contributed by atoms with van der Waals surface area (Å²) in [6.45, 7) is 4.75. The van der Waals surface area contributed by atoms with Crippen molar-refractivity contribution < 1.29 is 0 Å². The lowest BCUT2D eigenvalue weighted by atomic mass is 9.82. The summed E-state index contributed by atoms with van der Waals surface area (Å²) < 4.78 is 5.10. The Kier molecular flexibility index (Phi) is 8.53. The van der Waals surface area contributed by atoms with E-state index in [4.69, 9.17) is 0 Å². The lowest BCUT2D eigenvalue weighted by Crippen LogP contribution is -2.17. The molecule has 13 aromatic rings. The summed E-state index contributed by atoms with van der Waals surface area (Å²) in [6.07, 6.45) is 0. The molecule has 3 heteroatoms. The van der Waals surface area contributed by atoms with Gasteiger partial charge in [0.05, 0.1) is 16.7 Å². The zero-order chi connectivity index (χ0) is 45.1. The van der Waals surface area contributed by atoms with E-state index in [1.165, 1.54) is 114 Å². The van der Waals surface area contributed by atoms with Crippen LogP contribution in [0.1, 0.15) is 25.0 Å². The third-order valence-electron chi connectivity index (χ3n) is 14.8. The molecule has 0 saturated heterocycles. The number of rotatable bonds is 6. The first-order valence-corrected chi connectivity index (χ1v) is 24.4. The second-order valence-corrected chi connectivity index (χ2v) is 19.9. The van der Waals surface area contributed by atoms with Crippen molar-refractivity contribution in [1.29, 1.82) is 0 Å². The number of para-hydroxylation sites is 1. The third kappa shape index (κ3) is 5.70. The molecule has 68 heavy (non-hydrogen) atoms. The number of hydrogen-bond acceptors (Lipinski definition) is 2. The fourth-order valence-corrected chi connectivity index (χ4v) is 12.9. The van der Waals surface area contributed by atoms with E-state index < -0.39 is 0 Å². The quantitative estimate of drug-likeness (QED) is 0.151. The molecule has 0 saturated carbocycles. The number of benzene rings is 11. The fraction of sp³-hybridized carbons (Fsp3) is 0.0462. The summed E-state index contributed by atoms with van der Waals surface area (Å²) in [7, 11) is 0. The lowest BCUT2D eigenvalue weighted by Gasteiger charge is -2.31. The van der Waals surface area contributed by atoms with Gasteiger partial charge >= 0.3 is 0 Å². The minimum Gasteiger partial charge on any atom is -0.309 e. The molecule has 11 aromatic carbocycles. The Morgan fingerprint density at radius 2 is 0.971 bits per heavy atom. The van der Waals surface area contributed by atoms with Crippen molar-refractivity contribution in [2.24, 2.45) is 0 Å². The highest BCUT2D eigenvalue weighted by Crippen LogP contribution is 2.53. The van der Waals surface area contributed by atoms with Crippen LogP contribution < -0.4 is 4.90 Å². The molecular weight excluding hydrogens is 841 g/mol. The number of anilines is 3. The van der Waals surface area contributed by atoms with Crippen molar-refractivity contribution in [3.8, 4) is 39.1 Å². The summed E-state index contributed by atoms with van der Waals surface area (Å²) in [5.41, 5.74) is 17.1. The summed E-state index contributed by atoms with van der Waals surface area (Å²) in [4.78, 5) is 2.53. The number of nitrogens with zero attached hydrogens (tertiary/aromatic N) is 2. The normalized spacial score (nSPS) is 13.0. The van der Waals surface area contributed by atoms with Crippen LogP contribution >= 0.6 is 11.3 Å². The SMILES string of the molecule is CC1(C)c2ccccc2-c2ccc(N(c3ccc(-c4ccccc4)cc3)c3c4ccccc4c(-c4ccc5c(c4)c4c6sc7ccccc7c6ccc4n5-c4ccccc4)c4ccccc34)cc21. The molecule has 0 spiro atoms. The molecule has 0 N–H and O–H groups in total. The van der Waals surface area contributed by atoms with Crippen LogP contribution in [0.4, 0.5) is 17.1 Å². The van der Waals surface area contributed by atoms with E-state index in [0.717, 1.165) is 17.1 Å². The molecule has 1 aliphatic rings. The van der Waals surface area contributed by atoms with Crippen molar-refractivity contribution in [1.82, 2.24) is 4.57 Å². The maximum atomic E-state index is 2.53. The Balaban J connectivity index is 1.04. The zero-order valence-electron chi connectivity index (χ0n) is 37.7. The van der Waals surface area contributed by atoms with E-state index in [2.05, 4.69) is 254 Å². The van der Waals surface area contributed by atoms with Gasteiger partial charge in [0.1, 0.15) is 0 Å². The molecular formula is C65H44N2S. The smallest absolute Gasteiger partial charge is 0.0618 e. The Morgan fingerprint density at radius 1 is 0.397 bits per heavy atom. The molecule has 0 atom stereocenters. The van der Waals surface area contributed by atoms with Gasteiger partial charge in [-0.05, 0) is 116 Å². The molecule has 0 bridgehead atoms. The van der Waals surface area contributed by atoms with Gasteiger partial charge in [0, 0.05) is 64.2 Å². The fourth-order valence-electron chi connectivity index (χ4n) is 11.6. The average Bonchev–Trinajstić information content (AvgIpc) is 4.02. The van der Waals surface area contributed by atoms with Crippen LogP contribution in [-0.2, 0) is 5.41 Å². The van der Waals surface area contributed by atoms with Gasteiger partial charge in [-0.3, -0.25) is 0 Å². The van der Waals surface area contributed by atoms with E-state index in [1.54, 1.807) is 0 Å². The summed E-state index contributed by atoms with van der Waals surface area (Å²) in [5, 5.41) is 10.0. The second-order valence-electron chi connectivity index (χ2n) is 18.8. The van der Waals surface area contributed by atoms with Gasteiger partial charge in [-0.15, -0.1) is 11.3 Å². The van der Waals surface area contributed by atoms with Crippen molar-refractivity contribution in [3.05, 3.63) is 242 Å². The molecule has 2 aromatic heterocycles.